The Bertz CT molecular complexity index is 977. The maximum atomic E-state index is 13.2. The summed E-state index contributed by atoms with van der Waals surface area (Å²) in [6.07, 6.45) is 1.46. The predicted molar refractivity (Wildman–Crippen MR) is 124 cm³/mol. The Labute approximate surface area is 190 Å². The van der Waals surface area contributed by atoms with Crippen LogP contribution in [0.2, 0.25) is 10.0 Å². The van der Waals surface area contributed by atoms with Crippen LogP contribution in [0.15, 0.2) is 42.5 Å². The van der Waals surface area contributed by atoms with Gasteiger partial charge in [0.05, 0.1) is 15.5 Å². The summed E-state index contributed by atoms with van der Waals surface area (Å²) in [6.45, 7) is 3.80. The van der Waals surface area contributed by atoms with Crippen molar-refractivity contribution < 1.29 is 9.59 Å². The van der Waals surface area contributed by atoms with E-state index in [4.69, 9.17) is 23.2 Å². The molecule has 0 atom stereocenters. The second-order valence-corrected chi connectivity index (χ2v) is 9.88. The van der Waals surface area contributed by atoms with Crippen LogP contribution in [0.1, 0.15) is 28.8 Å². The number of carbonyl (C=O) groups excluding carboxylic acids is 2. The lowest BCUT2D eigenvalue weighted by Crippen LogP contribution is -2.54. The first-order chi connectivity index (χ1) is 14.4. The number of urea groups is 1. The summed E-state index contributed by atoms with van der Waals surface area (Å²) in [4.78, 5) is 29.4. The van der Waals surface area contributed by atoms with Crippen molar-refractivity contribution in [1.29, 1.82) is 0 Å². The van der Waals surface area contributed by atoms with E-state index in [2.05, 4.69) is 5.32 Å². The zero-order valence-electron chi connectivity index (χ0n) is 16.7. The average Bonchev–Trinajstić information content (AvgIpc) is 3.14. The topological polar surface area (TPSA) is 52.7 Å². The molecule has 158 valence electrons. The zero-order chi connectivity index (χ0) is 21.3. The minimum atomic E-state index is -0.278. The van der Waals surface area contributed by atoms with E-state index in [1.165, 1.54) is 0 Å². The second kappa shape index (κ2) is 8.69. The molecule has 0 aromatic heterocycles. The molecule has 0 saturated carbocycles. The highest BCUT2D eigenvalue weighted by Crippen LogP contribution is 2.45. The molecule has 1 N–H and O–H groups in total. The molecule has 2 aromatic carbocycles. The van der Waals surface area contributed by atoms with E-state index >= 15 is 0 Å². The fraction of sp³-hybridized carbons (Fsp3) is 0.364. The van der Waals surface area contributed by atoms with Crippen LogP contribution < -0.4 is 5.32 Å². The number of aryl methyl sites for hydroxylation is 1. The summed E-state index contributed by atoms with van der Waals surface area (Å²) < 4.78 is 0. The first-order valence-electron chi connectivity index (χ1n) is 9.92. The molecule has 4 rings (SSSR count). The van der Waals surface area contributed by atoms with E-state index in [0.29, 0.717) is 40.9 Å². The van der Waals surface area contributed by atoms with Crippen LogP contribution in [-0.4, -0.2) is 52.0 Å². The SMILES string of the molecule is Cc1ccc(NC(=O)N2CCC3(CC2)SCCN3C(=O)c2ccccc2Cl)cc1Cl. The normalized spacial score (nSPS) is 18.0. The number of rotatable bonds is 2. The van der Waals surface area contributed by atoms with Crippen LogP contribution in [0, 0.1) is 6.92 Å². The van der Waals surface area contributed by atoms with Gasteiger partial charge in [0.15, 0.2) is 0 Å². The Morgan fingerprint density at radius 3 is 2.47 bits per heavy atom. The van der Waals surface area contributed by atoms with E-state index < -0.39 is 0 Å². The zero-order valence-corrected chi connectivity index (χ0v) is 19.0. The molecule has 8 heteroatoms. The van der Waals surface area contributed by atoms with E-state index in [1.807, 2.05) is 47.9 Å². The molecular formula is C22H23Cl2N3O2S. The summed E-state index contributed by atoms with van der Waals surface area (Å²) in [5.41, 5.74) is 2.19. The molecule has 0 radical (unpaired) electrons. The van der Waals surface area contributed by atoms with E-state index in [9.17, 15) is 9.59 Å². The molecule has 2 saturated heterocycles. The van der Waals surface area contributed by atoms with Gasteiger partial charge in [-0.2, -0.15) is 0 Å². The number of halogens is 2. The van der Waals surface area contributed by atoms with Gasteiger partial charge < -0.3 is 15.1 Å². The Kier molecular flexibility index (Phi) is 6.19. The summed E-state index contributed by atoms with van der Waals surface area (Å²) in [7, 11) is 0. The van der Waals surface area contributed by atoms with Crippen LogP contribution in [0.3, 0.4) is 0 Å². The third-order valence-corrected chi connectivity index (χ3v) is 8.07. The number of hydrogen-bond donors (Lipinski definition) is 1. The number of likely N-dealkylation sites (tertiary alicyclic amines) is 1. The molecule has 30 heavy (non-hydrogen) atoms. The summed E-state index contributed by atoms with van der Waals surface area (Å²) in [6, 6.07) is 12.5. The van der Waals surface area contributed by atoms with Crippen LogP contribution in [0.4, 0.5) is 10.5 Å². The predicted octanol–water partition coefficient (Wildman–Crippen LogP) is 5.52. The van der Waals surface area contributed by atoms with Gasteiger partial charge in [-0.15, -0.1) is 11.8 Å². The number of benzene rings is 2. The van der Waals surface area contributed by atoms with Crippen molar-refractivity contribution in [3.63, 3.8) is 0 Å². The fourth-order valence-electron chi connectivity index (χ4n) is 4.02. The quantitative estimate of drug-likeness (QED) is 0.637. The summed E-state index contributed by atoms with van der Waals surface area (Å²) >= 11 is 14.2. The second-order valence-electron chi connectivity index (χ2n) is 7.61. The first kappa shape index (κ1) is 21.3. The number of nitrogens with one attached hydrogen (secondary N) is 1. The lowest BCUT2D eigenvalue weighted by Gasteiger charge is -2.44. The van der Waals surface area contributed by atoms with Gasteiger partial charge in [0, 0.05) is 36.1 Å². The van der Waals surface area contributed by atoms with Crippen molar-refractivity contribution in [3.05, 3.63) is 63.6 Å². The van der Waals surface area contributed by atoms with Crippen molar-refractivity contribution in [2.75, 3.05) is 30.7 Å². The Morgan fingerprint density at radius 1 is 1.03 bits per heavy atom. The molecule has 0 bridgehead atoms. The van der Waals surface area contributed by atoms with E-state index in [0.717, 1.165) is 24.2 Å². The molecule has 1 spiro atoms. The van der Waals surface area contributed by atoms with Gasteiger partial charge in [0.2, 0.25) is 0 Å². The molecule has 2 aromatic rings. The lowest BCUT2D eigenvalue weighted by molar-refractivity contribution is 0.0586. The maximum Gasteiger partial charge on any atom is 0.321 e. The Morgan fingerprint density at radius 2 is 1.77 bits per heavy atom. The van der Waals surface area contributed by atoms with Gasteiger partial charge in [-0.1, -0.05) is 41.4 Å². The van der Waals surface area contributed by atoms with Crippen molar-refractivity contribution in [1.82, 2.24) is 9.80 Å². The molecule has 3 amide bonds. The molecule has 0 unspecified atom stereocenters. The van der Waals surface area contributed by atoms with Crippen molar-refractivity contribution in [2.45, 2.75) is 24.6 Å². The van der Waals surface area contributed by atoms with Crippen LogP contribution in [-0.2, 0) is 0 Å². The largest absolute Gasteiger partial charge is 0.324 e. The Balaban J connectivity index is 1.42. The molecule has 2 fully saturated rings. The number of thioether (sulfide) groups is 1. The van der Waals surface area contributed by atoms with Crippen molar-refractivity contribution >= 4 is 52.6 Å². The number of carbonyl (C=O) groups is 2. The first-order valence-corrected chi connectivity index (χ1v) is 11.7. The van der Waals surface area contributed by atoms with Crippen LogP contribution >= 0.6 is 35.0 Å². The lowest BCUT2D eigenvalue weighted by atomic mass is 10.0. The maximum absolute atomic E-state index is 13.2. The Hall–Kier alpha value is -1.89. The number of amides is 3. The van der Waals surface area contributed by atoms with Gasteiger partial charge >= 0.3 is 6.03 Å². The third-order valence-electron chi connectivity index (χ3n) is 5.78. The molecular weight excluding hydrogens is 441 g/mol. The van der Waals surface area contributed by atoms with Crippen LogP contribution in [0.25, 0.3) is 0 Å². The summed E-state index contributed by atoms with van der Waals surface area (Å²) in [5.74, 6) is 0.863. The molecule has 5 nitrogen and oxygen atoms in total. The number of anilines is 1. The van der Waals surface area contributed by atoms with Gasteiger partial charge in [-0.05, 0) is 49.6 Å². The van der Waals surface area contributed by atoms with Gasteiger partial charge in [-0.25, -0.2) is 4.79 Å². The minimum absolute atomic E-state index is 0.0298. The highest BCUT2D eigenvalue weighted by atomic mass is 35.5. The standard InChI is InChI=1S/C22H23Cl2N3O2S/c1-15-6-7-16(14-19(15)24)25-21(29)26-10-8-22(9-11-26)27(12-13-30-22)20(28)17-4-2-3-5-18(17)23/h2-7,14H,8-13H2,1H3,(H,25,29). The van der Waals surface area contributed by atoms with E-state index in [-0.39, 0.29) is 16.8 Å². The molecule has 2 aliphatic heterocycles. The molecule has 0 aliphatic carbocycles. The number of piperidine rings is 1. The van der Waals surface area contributed by atoms with Crippen molar-refractivity contribution in [3.8, 4) is 0 Å². The van der Waals surface area contributed by atoms with Gasteiger partial charge in [0.25, 0.3) is 5.91 Å². The monoisotopic (exact) mass is 463 g/mol. The molecule has 2 aliphatic rings. The van der Waals surface area contributed by atoms with Gasteiger partial charge in [-0.3, -0.25) is 4.79 Å². The van der Waals surface area contributed by atoms with Crippen molar-refractivity contribution in [2.24, 2.45) is 0 Å². The van der Waals surface area contributed by atoms with Crippen LogP contribution in [0.5, 0.6) is 0 Å². The summed E-state index contributed by atoms with van der Waals surface area (Å²) in [5, 5.41) is 4.03. The number of hydrogen-bond acceptors (Lipinski definition) is 3. The highest BCUT2D eigenvalue weighted by molar-refractivity contribution is 8.00. The smallest absolute Gasteiger partial charge is 0.321 e. The van der Waals surface area contributed by atoms with Gasteiger partial charge in [0.1, 0.15) is 0 Å². The third kappa shape index (κ3) is 4.13. The van der Waals surface area contributed by atoms with E-state index in [1.54, 1.807) is 23.1 Å². The minimum Gasteiger partial charge on any atom is -0.324 e. The highest BCUT2D eigenvalue weighted by Gasteiger charge is 2.47. The average molecular weight is 464 g/mol. The molecule has 2 heterocycles. The number of nitrogens with zero attached hydrogens (tertiary/aromatic N) is 2. The fourth-order valence-corrected chi connectivity index (χ4v) is 5.87.